The zero-order valence-corrected chi connectivity index (χ0v) is 29.3. The van der Waals surface area contributed by atoms with Gasteiger partial charge in [-0.25, -0.2) is 4.72 Å². The summed E-state index contributed by atoms with van der Waals surface area (Å²) in [7, 11) is -2.53. The number of fused-ring (bicyclic) bond motifs is 5. The number of nitrogens with one attached hydrogen (secondary N) is 1. The van der Waals surface area contributed by atoms with E-state index in [2.05, 4.69) is 9.29 Å². The van der Waals surface area contributed by atoms with Crippen molar-refractivity contribution in [1.82, 2.24) is 23.4 Å². The van der Waals surface area contributed by atoms with E-state index in [0.717, 1.165) is 59.9 Å². The van der Waals surface area contributed by atoms with Crippen LogP contribution in [0, 0.1) is 0 Å². The minimum atomic E-state index is -4.32. The second-order valence-corrected chi connectivity index (χ2v) is 15.3. The zero-order chi connectivity index (χ0) is 35.9. The van der Waals surface area contributed by atoms with Gasteiger partial charge < -0.3 is 18.9 Å². The number of nitrogens with zero attached hydrogens (tertiary/aromatic N) is 4. The van der Waals surface area contributed by atoms with Crippen molar-refractivity contribution < 1.29 is 40.7 Å². The van der Waals surface area contributed by atoms with Crippen LogP contribution in [-0.4, -0.2) is 111 Å². The van der Waals surface area contributed by atoms with E-state index in [-0.39, 0.29) is 76.4 Å². The largest absolute Gasteiger partial charge is 0.497 e. The minimum absolute atomic E-state index is 0.109. The van der Waals surface area contributed by atoms with Crippen molar-refractivity contribution in [3.63, 3.8) is 0 Å². The molecule has 15 heteroatoms. The number of piperazine rings is 1. The monoisotopic (exact) mass is 729 g/mol. The van der Waals surface area contributed by atoms with Gasteiger partial charge in [0.15, 0.2) is 0 Å². The van der Waals surface area contributed by atoms with Crippen LogP contribution in [0.2, 0.25) is 0 Å². The second-order valence-electron chi connectivity index (χ2n) is 13.7. The van der Waals surface area contributed by atoms with Gasteiger partial charge in [-0.05, 0) is 66.3 Å². The summed E-state index contributed by atoms with van der Waals surface area (Å²) in [6, 6.07) is 11.0. The first-order chi connectivity index (χ1) is 24.4. The molecule has 2 amide bonds. The Morgan fingerprint density at radius 1 is 0.961 bits per heavy atom. The van der Waals surface area contributed by atoms with Crippen LogP contribution in [0.3, 0.4) is 0 Å². The summed E-state index contributed by atoms with van der Waals surface area (Å²) >= 11 is 0. The predicted octanol–water partition coefficient (Wildman–Crippen LogP) is 4.77. The molecular weight excluding hydrogens is 687 g/mol. The topological polar surface area (TPSA) is 113 Å². The van der Waals surface area contributed by atoms with Gasteiger partial charge in [-0.2, -0.15) is 25.9 Å². The molecule has 4 aliphatic rings. The van der Waals surface area contributed by atoms with Crippen molar-refractivity contribution in [2.24, 2.45) is 0 Å². The summed E-state index contributed by atoms with van der Waals surface area (Å²) in [5, 5.41) is 0.931. The van der Waals surface area contributed by atoms with Gasteiger partial charge in [-0.15, -0.1) is 0 Å². The summed E-state index contributed by atoms with van der Waals surface area (Å²) < 4.78 is 81.7. The molecule has 3 fully saturated rings. The number of hydrogen-bond donors (Lipinski definition) is 1. The highest BCUT2D eigenvalue weighted by atomic mass is 32.2. The van der Waals surface area contributed by atoms with Crippen LogP contribution in [0.15, 0.2) is 42.0 Å². The molecule has 0 spiro atoms. The molecule has 7 rings (SSSR count). The average molecular weight is 730 g/mol. The van der Waals surface area contributed by atoms with E-state index in [9.17, 15) is 31.2 Å². The van der Waals surface area contributed by atoms with Crippen molar-refractivity contribution in [2.75, 3.05) is 66.1 Å². The quantitative estimate of drug-likeness (QED) is 0.373. The molecule has 0 radical (unpaired) electrons. The molecule has 1 aromatic heterocycles. The van der Waals surface area contributed by atoms with E-state index in [1.807, 2.05) is 30.3 Å². The number of morpholine rings is 1. The normalized spacial score (nSPS) is 19.6. The Morgan fingerprint density at radius 2 is 1.69 bits per heavy atom. The summed E-state index contributed by atoms with van der Waals surface area (Å²) in [6.07, 6.45) is 2.80. The van der Waals surface area contributed by atoms with Crippen LogP contribution in [0.25, 0.3) is 28.2 Å². The molecule has 3 aromatic rings. The number of aromatic nitrogens is 1. The number of amides is 2. The third-order valence-corrected chi connectivity index (χ3v) is 11.9. The maximum atomic E-state index is 14.2. The van der Waals surface area contributed by atoms with Crippen LogP contribution in [0.1, 0.15) is 59.5 Å². The summed E-state index contributed by atoms with van der Waals surface area (Å²) in [4.78, 5) is 30.7. The molecule has 4 heterocycles. The van der Waals surface area contributed by atoms with Gasteiger partial charge >= 0.3 is 16.4 Å². The highest BCUT2D eigenvalue weighted by Crippen LogP contribution is 2.47. The lowest BCUT2D eigenvalue weighted by Gasteiger charge is -2.35. The van der Waals surface area contributed by atoms with Gasteiger partial charge in [0.25, 0.3) is 11.8 Å². The fourth-order valence-electron chi connectivity index (χ4n) is 7.91. The molecule has 0 unspecified atom stereocenters. The van der Waals surface area contributed by atoms with E-state index in [1.54, 1.807) is 24.1 Å². The molecule has 1 N–H and O–H groups in total. The molecule has 2 saturated heterocycles. The first-order valence-corrected chi connectivity index (χ1v) is 18.9. The molecule has 51 heavy (non-hydrogen) atoms. The number of benzene rings is 2. The van der Waals surface area contributed by atoms with Crippen LogP contribution in [0.5, 0.6) is 5.75 Å². The van der Waals surface area contributed by atoms with Crippen LogP contribution < -0.4 is 9.46 Å². The van der Waals surface area contributed by atoms with E-state index in [1.165, 1.54) is 9.21 Å². The van der Waals surface area contributed by atoms with Gasteiger partial charge in [0.1, 0.15) is 5.75 Å². The third kappa shape index (κ3) is 7.39. The number of ether oxygens (including phenoxy) is 2. The fourth-order valence-corrected chi connectivity index (χ4v) is 9.02. The van der Waals surface area contributed by atoms with Gasteiger partial charge in [0.05, 0.1) is 39.1 Å². The molecule has 2 aromatic carbocycles. The Bertz CT molecular complexity index is 1960. The van der Waals surface area contributed by atoms with Crippen molar-refractivity contribution >= 4 is 39.0 Å². The Kier molecular flexibility index (Phi) is 9.91. The lowest BCUT2D eigenvalue weighted by Crippen LogP contribution is -2.51. The van der Waals surface area contributed by atoms with E-state index in [4.69, 9.17) is 9.47 Å². The van der Waals surface area contributed by atoms with Gasteiger partial charge in [0, 0.05) is 66.9 Å². The molecule has 0 atom stereocenters. The highest BCUT2D eigenvalue weighted by Gasteiger charge is 2.35. The van der Waals surface area contributed by atoms with Crippen LogP contribution in [-0.2, 0) is 26.3 Å². The lowest BCUT2D eigenvalue weighted by atomic mass is 9.81. The highest BCUT2D eigenvalue weighted by molar-refractivity contribution is 7.87. The number of alkyl halides is 3. The minimum Gasteiger partial charge on any atom is -0.497 e. The molecule has 11 nitrogen and oxygen atoms in total. The fraction of sp³-hybridized carbons (Fsp3) is 0.500. The Hall–Kier alpha value is -3.92. The molecule has 0 bridgehead atoms. The lowest BCUT2D eigenvalue weighted by molar-refractivity contribution is -0.151. The SMILES string of the molecule is COc1ccc2c(c1)C=C(C(=O)N1CCN(CC(F)(F)F)CC1)Cn1c-2c(C2CCCCC2)c2ccc(C(=O)NS(=O)(=O)N3CCOCC3)cc21. The zero-order valence-electron chi connectivity index (χ0n) is 28.5. The van der Waals surface area contributed by atoms with E-state index >= 15 is 0 Å². The molecule has 274 valence electrons. The molecule has 3 aliphatic heterocycles. The maximum Gasteiger partial charge on any atom is 0.401 e. The van der Waals surface area contributed by atoms with Crippen molar-refractivity contribution in [2.45, 2.75) is 50.7 Å². The molecular formula is C36H42F3N5O6S. The third-order valence-electron chi connectivity index (χ3n) is 10.4. The standard InChI is InChI=1S/C36H42F3N5O6S/c1-49-28-8-10-29-26(20-28)19-27(35(46)42-13-11-41(12-14-42)23-36(37,38)39)22-44-31-21-25(34(45)40-51(47,48)43-15-17-50-18-16-43)7-9-30(31)32(33(29)44)24-5-3-2-4-6-24/h7-10,19-21,24H,2-6,11-18,22-23H2,1H3,(H,40,45). The van der Waals surface area contributed by atoms with Crippen molar-refractivity contribution in [1.29, 1.82) is 0 Å². The molecule has 1 aliphatic carbocycles. The summed E-state index contributed by atoms with van der Waals surface area (Å²) in [6.45, 7) is 0.436. The summed E-state index contributed by atoms with van der Waals surface area (Å²) in [5.74, 6) is -0.190. The second kappa shape index (κ2) is 14.2. The number of halogens is 3. The summed E-state index contributed by atoms with van der Waals surface area (Å²) in [5.41, 5.74) is 5.04. The number of methoxy groups -OCH3 is 1. The average Bonchev–Trinajstić information content (AvgIpc) is 3.33. The van der Waals surface area contributed by atoms with Crippen molar-refractivity contribution in [3.8, 4) is 17.0 Å². The van der Waals surface area contributed by atoms with E-state index in [0.29, 0.717) is 16.8 Å². The Balaban J connectivity index is 1.30. The number of carbonyl (C=O) groups excluding carboxylic acids is 2. The first-order valence-electron chi connectivity index (χ1n) is 17.5. The predicted molar refractivity (Wildman–Crippen MR) is 186 cm³/mol. The molecule has 1 saturated carbocycles. The van der Waals surface area contributed by atoms with E-state index < -0.39 is 28.8 Å². The van der Waals surface area contributed by atoms with Gasteiger partial charge in [0.2, 0.25) is 0 Å². The number of hydrogen-bond acceptors (Lipinski definition) is 7. The number of carbonyl (C=O) groups is 2. The Labute approximate surface area is 295 Å². The number of rotatable bonds is 7. The maximum absolute atomic E-state index is 14.2. The van der Waals surface area contributed by atoms with Crippen LogP contribution in [0.4, 0.5) is 13.2 Å². The van der Waals surface area contributed by atoms with Crippen LogP contribution >= 0.6 is 0 Å². The Morgan fingerprint density at radius 3 is 2.37 bits per heavy atom. The smallest absolute Gasteiger partial charge is 0.401 e. The van der Waals surface area contributed by atoms with Gasteiger partial charge in [-0.3, -0.25) is 14.5 Å². The van der Waals surface area contributed by atoms with Crippen molar-refractivity contribution in [3.05, 3.63) is 58.7 Å². The first kappa shape index (κ1) is 35.5. The van der Waals surface area contributed by atoms with Gasteiger partial charge in [-0.1, -0.05) is 25.3 Å².